The van der Waals surface area contributed by atoms with E-state index in [1.165, 1.54) is 0 Å². The maximum atomic E-state index is 9.13. The van der Waals surface area contributed by atoms with Gasteiger partial charge in [-0.05, 0) is 32.9 Å². The summed E-state index contributed by atoms with van der Waals surface area (Å²) in [6.07, 6.45) is 0. The van der Waals surface area contributed by atoms with Crippen LogP contribution in [0.1, 0.15) is 26.3 Å². The average Bonchev–Trinajstić information content (AvgIpc) is 2.38. The Morgan fingerprint density at radius 1 is 1.33 bits per heavy atom. The van der Waals surface area contributed by atoms with Gasteiger partial charge in [0.05, 0.1) is 30.0 Å². The SMILES string of the molecule is COc1cccc(C#N)c1NC(C)C(C)(C)OC. The van der Waals surface area contributed by atoms with Crippen molar-refractivity contribution in [1.82, 2.24) is 0 Å². The molecule has 1 rings (SSSR count). The van der Waals surface area contributed by atoms with Crippen LogP contribution in [0.4, 0.5) is 5.69 Å². The van der Waals surface area contributed by atoms with Gasteiger partial charge in [0.1, 0.15) is 11.8 Å². The molecule has 1 aromatic carbocycles. The lowest BCUT2D eigenvalue weighted by molar-refractivity contribution is 0.0107. The fourth-order valence-electron chi connectivity index (χ4n) is 1.51. The van der Waals surface area contributed by atoms with Gasteiger partial charge in [-0.3, -0.25) is 0 Å². The van der Waals surface area contributed by atoms with Crippen LogP contribution >= 0.6 is 0 Å². The number of ether oxygens (including phenoxy) is 2. The Bertz CT molecular complexity index is 450. The van der Waals surface area contributed by atoms with E-state index in [4.69, 9.17) is 14.7 Å². The van der Waals surface area contributed by atoms with E-state index in [9.17, 15) is 0 Å². The van der Waals surface area contributed by atoms with Crippen molar-refractivity contribution in [2.75, 3.05) is 19.5 Å². The minimum atomic E-state index is -0.340. The van der Waals surface area contributed by atoms with Crippen molar-refractivity contribution in [1.29, 1.82) is 5.26 Å². The normalized spacial score (nSPS) is 12.7. The summed E-state index contributed by atoms with van der Waals surface area (Å²) in [5.74, 6) is 0.660. The van der Waals surface area contributed by atoms with Crippen LogP contribution in [0.2, 0.25) is 0 Å². The molecule has 4 nitrogen and oxygen atoms in total. The van der Waals surface area contributed by atoms with Crippen LogP contribution in [0.15, 0.2) is 18.2 Å². The van der Waals surface area contributed by atoms with Gasteiger partial charge in [0.25, 0.3) is 0 Å². The topological polar surface area (TPSA) is 54.3 Å². The zero-order valence-electron chi connectivity index (χ0n) is 11.6. The van der Waals surface area contributed by atoms with Crippen LogP contribution < -0.4 is 10.1 Å². The van der Waals surface area contributed by atoms with Crippen molar-refractivity contribution >= 4 is 5.69 Å². The zero-order chi connectivity index (χ0) is 13.8. The van der Waals surface area contributed by atoms with E-state index < -0.39 is 0 Å². The second kappa shape index (κ2) is 5.74. The van der Waals surface area contributed by atoms with Crippen LogP contribution in [-0.2, 0) is 4.74 Å². The van der Waals surface area contributed by atoms with Crippen molar-refractivity contribution < 1.29 is 9.47 Å². The van der Waals surface area contributed by atoms with Gasteiger partial charge in [0.2, 0.25) is 0 Å². The minimum absolute atomic E-state index is 0.0332. The van der Waals surface area contributed by atoms with Gasteiger partial charge in [0, 0.05) is 7.11 Å². The molecule has 0 aromatic heterocycles. The van der Waals surface area contributed by atoms with Crippen LogP contribution in [0.25, 0.3) is 0 Å². The first-order chi connectivity index (χ1) is 8.46. The lowest BCUT2D eigenvalue weighted by Gasteiger charge is -2.32. The Kier molecular flexibility index (Phi) is 4.57. The fourth-order valence-corrected chi connectivity index (χ4v) is 1.51. The number of hydrogen-bond acceptors (Lipinski definition) is 4. The summed E-state index contributed by atoms with van der Waals surface area (Å²) in [7, 11) is 3.26. The van der Waals surface area contributed by atoms with Gasteiger partial charge in [-0.15, -0.1) is 0 Å². The summed E-state index contributed by atoms with van der Waals surface area (Å²) in [5.41, 5.74) is 0.932. The molecule has 1 N–H and O–H groups in total. The summed E-state index contributed by atoms with van der Waals surface area (Å²) in [6.45, 7) is 6.00. The van der Waals surface area contributed by atoms with E-state index in [0.717, 1.165) is 0 Å². The average molecular weight is 248 g/mol. The third-order valence-electron chi connectivity index (χ3n) is 3.30. The third-order valence-corrected chi connectivity index (χ3v) is 3.30. The summed E-state index contributed by atoms with van der Waals surface area (Å²) < 4.78 is 10.7. The van der Waals surface area contributed by atoms with Gasteiger partial charge >= 0.3 is 0 Å². The highest BCUT2D eigenvalue weighted by Gasteiger charge is 2.26. The molecule has 1 atom stereocenters. The van der Waals surface area contributed by atoms with Crippen LogP contribution in [0.5, 0.6) is 5.75 Å². The predicted octanol–water partition coefficient (Wildman–Crippen LogP) is 2.79. The van der Waals surface area contributed by atoms with Gasteiger partial charge in [-0.2, -0.15) is 5.26 Å². The van der Waals surface area contributed by atoms with Gasteiger partial charge in [-0.1, -0.05) is 6.07 Å². The lowest BCUT2D eigenvalue weighted by atomic mass is 9.99. The second-order valence-electron chi connectivity index (χ2n) is 4.67. The lowest BCUT2D eigenvalue weighted by Crippen LogP contribution is -2.41. The van der Waals surface area contributed by atoms with Crippen LogP contribution in [-0.4, -0.2) is 25.9 Å². The number of anilines is 1. The van der Waals surface area contributed by atoms with E-state index >= 15 is 0 Å². The van der Waals surface area contributed by atoms with E-state index in [0.29, 0.717) is 17.0 Å². The number of hydrogen-bond donors (Lipinski definition) is 1. The van der Waals surface area contributed by atoms with Gasteiger partial charge in [-0.25, -0.2) is 0 Å². The van der Waals surface area contributed by atoms with Crippen molar-refractivity contribution in [3.63, 3.8) is 0 Å². The molecule has 0 radical (unpaired) electrons. The summed E-state index contributed by atoms with van der Waals surface area (Å²) in [4.78, 5) is 0. The third kappa shape index (κ3) is 2.93. The van der Waals surface area contributed by atoms with E-state index in [1.807, 2.05) is 26.8 Å². The minimum Gasteiger partial charge on any atom is -0.495 e. The van der Waals surface area contributed by atoms with Crippen molar-refractivity contribution in [3.05, 3.63) is 23.8 Å². The predicted molar refractivity (Wildman–Crippen MR) is 71.9 cm³/mol. The monoisotopic (exact) mass is 248 g/mol. The molecule has 0 saturated carbocycles. The van der Waals surface area contributed by atoms with E-state index in [-0.39, 0.29) is 11.6 Å². The van der Waals surface area contributed by atoms with Crippen LogP contribution in [0.3, 0.4) is 0 Å². The maximum Gasteiger partial charge on any atom is 0.143 e. The number of para-hydroxylation sites is 1. The largest absolute Gasteiger partial charge is 0.495 e. The van der Waals surface area contributed by atoms with Crippen molar-refractivity contribution in [2.45, 2.75) is 32.4 Å². The number of methoxy groups -OCH3 is 2. The second-order valence-corrected chi connectivity index (χ2v) is 4.67. The maximum absolute atomic E-state index is 9.13. The molecule has 0 aliphatic rings. The molecule has 0 saturated heterocycles. The summed E-state index contributed by atoms with van der Waals surface area (Å²) in [5, 5.41) is 12.4. The van der Waals surface area contributed by atoms with Gasteiger partial charge in [0.15, 0.2) is 0 Å². The first-order valence-corrected chi connectivity index (χ1v) is 5.85. The number of nitrogens with zero attached hydrogens (tertiary/aromatic N) is 1. The van der Waals surface area contributed by atoms with Gasteiger partial charge < -0.3 is 14.8 Å². The summed E-state index contributed by atoms with van der Waals surface area (Å²) >= 11 is 0. The Balaban J connectivity index is 3.07. The molecule has 0 aliphatic carbocycles. The number of nitriles is 1. The molecular formula is C14H20N2O2. The smallest absolute Gasteiger partial charge is 0.143 e. The molecule has 0 amide bonds. The molecule has 0 spiro atoms. The van der Waals surface area contributed by atoms with E-state index in [2.05, 4.69) is 11.4 Å². The molecule has 18 heavy (non-hydrogen) atoms. The molecule has 1 unspecified atom stereocenters. The molecule has 0 aliphatic heterocycles. The highest BCUT2D eigenvalue weighted by Crippen LogP contribution is 2.30. The number of benzene rings is 1. The Labute approximate surface area is 109 Å². The van der Waals surface area contributed by atoms with Crippen molar-refractivity contribution in [2.24, 2.45) is 0 Å². The Hall–Kier alpha value is -1.73. The number of nitrogens with one attached hydrogen (secondary N) is 1. The van der Waals surface area contributed by atoms with Crippen LogP contribution in [0, 0.1) is 11.3 Å². The van der Waals surface area contributed by atoms with Crippen molar-refractivity contribution in [3.8, 4) is 11.8 Å². The first kappa shape index (κ1) is 14.3. The Morgan fingerprint density at radius 3 is 2.50 bits per heavy atom. The molecule has 98 valence electrons. The molecule has 0 bridgehead atoms. The highest BCUT2D eigenvalue weighted by atomic mass is 16.5. The summed E-state index contributed by atoms with van der Waals surface area (Å²) in [6, 6.07) is 7.59. The standard InChI is InChI=1S/C14H20N2O2/c1-10(14(2,3)18-5)16-13-11(9-15)7-6-8-12(13)17-4/h6-8,10,16H,1-5H3. The quantitative estimate of drug-likeness (QED) is 0.870. The first-order valence-electron chi connectivity index (χ1n) is 5.85. The highest BCUT2D eigenvalue weighted by molar-refractivity contribution is 5.66. The fraction of sp³-hybridized carbons (Fsp3) is 0.500. The van der Waals surface area contributed by atoms with E-state index in [1.54, 1.807) is 26.4 Å². The Morgan fingerprint density at radius 2 is 2.00 bits per heavy atom. The number of rotatable bonds is 5. The molecule has 0 heterocycles. The molecule has 4 heteroatoms. The molecule has 1 aromatic rings. The molecule has 0 fully saturated rings. The zero-order valence-corrected chi connectivity index (χ0v) is 11.6. The molecular weight excluding hydrogens is 228 g/mol.